The van der Waals surface area contributed by atoms with Gasteiger partial charge in [-0.15, -0.1) is 0 Å². The minimum absolute atomic E-state index is 0.104. The van der Waals surface area contributed by atoms with Crippen LogP contribution in [0.3, 0.4) is 0 Å². The lowest BCUT2D eigenvalue weighted by Gasteiger charge is -2.40. The van der Waals surface area contributed by atoms with Crippen LogP contribution in [0.2, 0.25) is 0 Å². The highest BCUT2D eigenvalue weighted by Gasteiger charge is 2.49. The molecule has 1 saturated carbocycles. The molecule has 5 nitrogen and oxygen atoms in total. The third kappa shape index (κ3) is 3.88. The van der Waals surface area contributed by atoms with Crippen LogP contribution in [0.25, 0.3) is 0 Å². The molecule has 142 valence electrons. The van der Waals surface area contributed by atoms with Gasteiger partial charge in [-0.25, -0.2) is 0 Å². The lowest BCUT2D eigenvalue weighted by Crippen LogP contribution is -2.45. The van der Waals surface area contributed by atoms with Gasteiger partial charge in [-0.2, -0.15) is 0 Å². The molecule has 0 aromatic heterocycles. The van der Waals surface area contributed by atoms with Crippen molar-refractivity contribution in [1.82, 2.24) is 0 Å². The number of Topliss-reactive ketones (excluding diaryl/α,β-unsaturated/α-hetero) is 1. The second-order valence-electron chi connectivity index (χ2n) is 6.85. The van der Waals surface area contributed by atoms with Gasteiger partial charge in [0.1, 0.15) is 11.7 Å². The first-order valence-electron chi connectivity index (χ1n) is 9.09. The van der Waals surface area contributed by atoms with E-state index in [2.05, 4.69) is 0 Å². The highest BCUT2D eigenvalue weighted by atomic mass is 16.5. The van der Waals surface area contributed by atoms with Gasteiger partial charge in [0, 0.05) is 12.3 Å². The maximum atomic E-state index is 12.9. The van der Waals surface area contributed by atoms with E-state index in [4.69, 9.17) is 9.47 Å². The molecule has 0 amide bonds. The summed E-state index contributed by atoms with van der Waals surface area (Å²) in [6, 6.07) is 16.4. The predicted octanol–water partition coefficient (Wildman–Crippen LogP) is 3.21. The number of carbonyl (C=O) groups excluding carboxylic acids is 2. The van der Waals surface area contributed by atoms with Crippen molar-refractivity contribution in [2.45, 2.75) is 31.3 Å². The van der Waals surface area contributed by atoms with Crippen LogP contribution in [0.4, 0.5) is 0 Å². The van der Waals surface area contributed by atoms with E-state index in [1.165, 1.54) is 0 Å². The van der Waals surface area contributed by atoms with Crippen LogP contribution in [0.15, 0.2) is 54.6 Å². The zero-order valence-corrected chi connectivity index (χ0v) is 15.6. The quantitative estimate of drug-likeness (QED) is 0.648. The molecule has 27 heavy (non-hydrogen) atoms. The van der Waals surface area contributed by atoms with Gasteiger partial charge in [-0.3, -0.25) is 9.59 Å². The number of carbonyl (C=O) groups is 2. The van der Waals surface area contributed by atoms with E-state index in [0.29, 0.717) is 11.3 Å². The SMILES string of the molecule is CCOC(=O)[C@H]1C(=O)C[C@](O)(c2ccccc2)C[C@@H]1c1ccc(OC)cc1. The average Bonchev–Trinajstić information content (AvgIpc) is 2.68. The Balaban J connectivity index is 2.01. The van der Waals surface area contributed by atoms with Gasteiger partial charge in [-0.1, -0.05) is 42.5 Å². The molecule has 1 N–H and O–H groups in total. The van der Waals surface area contributed by atoms with Gasteiger partial charge < -0.3 is 14.6 Å². The van der Waals surface area contributed by atoms with E-state index >= 15 is 0 Å². The molecule has 2 aromatic carbocycles. The van der Waals surface area contributed by atoms with Gasteiger partial charge in [0.2, 0.25) is 0 Å². The topological polar surface area (TPSA) is 72.8 Å². The van der Waals surface area contributed by atoms with Gasteiger partial charge >= 0.3 is 5.97 Å². The lowest BCUT2D eigenvalue weighted by atomic mass is 9.66. The van der Waals surface area contributed by atoms with Crippen molar-refractivity contribution in [1.29, 1.82) is 0 Å². The minimum atomic E-state index is -1.31. The first-order valence-corrected chi connectivity index (χ1v) is 9.09. The summed E-state index contributed by atoms with van der Waals surface area (Å²) in [7, 11) is 1.58. The highest BCUT2D eigenvalue weighted by Crippen LogP contribution is 2.46. The summed E-state index contributed by atoms with van der Waals surface area (Å²) in [5, 5.41) is 11.3. The third-order valence-electron chi connectivity index (χ3n) is 5.17. The van der Waals surface area contributed by atoms with Crippen molar-refractivity contribution < 1.29 is 24.2 Å². The normalized spacial score (nSPS) is 25.1. The van der Waals surface area contributed by atoms with Crippen LogP contribution in [-0.4, -0.2) is 30.6 Å². The number of hydrogen-bond acceptors (Lipinski definition) is 5. The summed E-state index contributed by atoms with van der Waals surface area (Å²) >= 11 is 0. The zero-order chi connectivity index (χ0) is 19.4. The molecule has 0 heterocycles. The van der Waals surface area contributed by atoms with Crippen LogP contribution >= 0.6 is 0 Å². The number of aliphatic hydroxyl groups is 1. The van der Waals surface area contributed by atoms with E-state index in [9.17, 15) is 14.7 Å². The second-order valence-corrected chi connectivity index (χ2v) is 6.85. The average molecular weight is 368 g/mol. The second kappa shape index (κ2) is 7.92. The molecule has 0 radical (unpaired) electrons. The monoisotopic (exact) mass is 368 g/mol. The number of rotatable bonds is 5. The van der Waals surface area contributed by atoms with Crippen LogP contribution < -0.4 is 4.74 Å². The number of benzene rings is 2. The van der Waals surface area contributed by atoms with Crippen molar-refractivity contribution >= 4 is 11.8 Å². The van der Waals surface area contributed by atoms with Crippen molar-refractivity contribution in [2.24, 2.45) is 5.92 Å². The van der Waals surface area contributed by atoms with E-state index in [-0.39, 0.29) is 25.2 Å². The van der Waals surface area contributed by atoms with E-state index in [0.717, 1.165) is 5.56 Å². The first kappa shape index (κ1) is 19.1. The van der Waals surface area contributed by atoms with Gasteiger partial charge in [0.05, 0.1) is 19.3 Å². The molecule has 0 unspecified atom stereocenters. The molecule has 3 rings (SSSR count). The van der Waals surface area contributed by atoms with E-state index in [1.54, 1.807) is 26.2 Å². The molecule has 0 spiro atoms. The van der Waals surface area contributed by atoms with Crippen LogP contribution in [-0.2, 0) is 19.9 Å². The summed E-state index contributed by atoms with van der Waals surface area (Å²) in [4.78, 5) is 25.4. The Morgan fingerprint density at radius 2 is 1.81 bits per heavy atom. The minimum Gasteiger partial charge on any atom is -0.497 e. The smallest absolute Gasteiger partial charge is 0.317 e. The fraction of sp³-hybridized carbons (Fsp3) is 0.364. The Hall–Kier alpha value is -2.66. The first-order chi connectivity index (χ1) is 13.0. The van der Waals surface area contributed by atoms with Crippen molar-refractivity contribution in [3.05, 3.63) is 65.7 Å². The summed E-state index contributed by atoms with van der Waals surface area (Å²) < 4.78 is 10.3. The molecule has 1 aliphatic rings. The molecular formula is C22H24O5. The fourth-order valence-electron chi connectivity index (χ4n) is 3.83. The van der Waals surface area contributed by atoms with Crippen molar-refractivity contribution in [2.75, 3.05) is 13.7 Å². The summed E-state index contributed by atoms with van der Waals surface area (Å²) in [5.74, 6) is -1.53. The fourth-order valence-corrected chi connectivity index (χ4v) is 3.83. The molecule has 0 bridgehead atoms. The third-order valence-corrected chi connectivity index (χ3v) is 5.17. The number of esters is 1. The Morgan fingerprint density at radius 1 is 1.15 bits per heavy atom. The summed E-state index contributed by atoms with van der Waals surface area (Å²) in [6.45, 7) is 1.93. The zero-order valence-electron chi connectivity index (χ0n) is 15.6. The summed E-state index contributed by atoms with van der Waals surface area (Å²) in [6.07, 6.45) is 0.158. The van der Waals surface area contributed by atoms with Crippen LogP contribution in [0.5, 0.6) is 5.75 Å². The predicted molar refractivity (Wildman–Crippen MR) is 100 cm³/mol. The molecule has 2 aromatic rings. The van der Waals surface area contributed by atoms with Crippen molar-refractivity contribution in [3.63, 3.8) is 0 Å². The molecule has 0 saturated heterocycles. The highest BCUT2D eigenvalue weighted by molar-refractivity contribution is 6.01. The maximum absolute atomic E-state index is 12.9. The number of methoxy groups -OCH3 is 1. The maximum Gasteiger partial charge on any atom is 0.317 e. The molecule has 3 atom stereocenters. The Bertz CT molecular complexity index is 799. The van der Waals surface area contributed by atoms with Gasteiger partial charge in [-0.05, 0) is 36.6 Å². The molecule has 1 aliphatic carbocycles. The number of ether oxygens (including phenoxy) is 2. The Kier molecular flexibility index (Phi) is 5.61. The Morgan fingerprint density at radius 3 is 2.41 bits per heavy atom. The number of hydrogen-bond donors (Lipinski definition) is 1. The standard InChI is InChI=1S/C22H24O5/c1-3-27-21(24)20-18(15-9-11-17(26-2)12-10-15)13-22(25,14-19(20)23)16-7-5-4-6-8-16/h4-12,18,20,25H,3,13-14H2,1-2H3/t18-,20-,22+/m1/s1. The largest absolute Gasteiger partial charge is 0.497 e. The van der Waals surface area contributed by atoms with Gasteiger partial charge in [0.15, 0.2) is 5.78 Å². The van der Waals surface area contributed by atoms with Crippen LogP contribution in [0, 0.1) is 5.92 Å². The molecule has 1 fully saturated rings. The summed E-state index contributed by atoms with van der Waals surface area (Å²) in [5.41, 5.74) is 0.168. The molecular weight excluding hydrogens is 344 g/mol. The molecule has 0 aliphatic heterocycles. The van der Waals surface area contributed by atoms with Crippen LogP contribution in [0.1, 0.15) is 36.8 Å². The van der Waals surface area contributed by atoms with Crippen molar-refractivity contribution in [3.8, 4) is 5.75 Å². The van der Waals surface area contributed by atoms with E-state index in [1.807, 2.05) is 42.5 Å². The Labute approximate surface area is 158 Å². The number of ketones is 1. The molecule has 5 heteroatoms. The van der Waals surface area contributed by atoms with Gasteiger partial charge in [0.25, 0.3) is 0 Å². The van der Waals surface area contributed by atoms with E-state index < -0.39 is 23.4 Å². The lowest BCUT2D eigenvalue weighted by molar-refractivity contribution is -0.158.